The molecule has 1 aliphatic rings. The molecule has 1 aliphatic heterocycles. The monoisotopic (exact) mass is 283 g/mol. The van der Waals surface area contributed by atoms with E-state index < -0.39 is 0 Å². The second-order valence-corrected chi connectivity index (χ2v) is 5.36. The zero-order valence-electron chi connectivity index (χ0n) is 10.0. The van der Waals surface area contributed by atoms with E-state index in [9.17, 15) is 0 Å². The molecular formula is C14H15Cl2NO. The van der Waals surface area contributed by atoms with E-state index in [4.69, 9.17) is 33.2 Å². The minimum atomic E-state index is -0.0326. The summed E-state index contributed by atoms with van der Waals surface area (Å²) in [6.45, 7) is 0.740. The molecule has 0 spiro atoms. The second kappa shape index (κ2) is 6.43. The molecule has 0 amide bonds. The maximum atomic E-state index is 8.90. The van der Waals surface area contributed by atoms with Gasteiger partial charge in [-0.3, -0.25) is 0 Å². The molecule has 1 unspecified atom stereocenters. The molecule has 0 bridgehead atoms. The lowest BCUT2D eigenvalue weighted by Gasteiger charge is -2.23. The van der Waals surface area contributed by atoms with Crippen LogP contribution in [0.15, 0.2) is 18.2 Å². The third kappa shape index (κ3) is 3.17. The molecule has 2 nitrogen and oxygen atoms in total. The van der Waals surface area contributed by atoms with Gasteiger partial charge in [-0.1, -0.05) is 35.7 Å². The number of hydrogen-bond donors (Lipinski definition) is 0. The predicted octanol–water partition coefficient (Wildman–Crippen LogP) is 4.56. The Kier molecular flexibility index (Phi) is 4.88. The normalized spacial score (nSPS) is 24.3. The van der Waals surface area contributed by atoms with Crippen LogP contribution in [0, 0.1) is 11.3 Å². The highest BCUT2D eigenvalue weighted by Crippen LogP contribution is 2.34. The Morgan fingerprint density at radius 2 is 2.11 bits per heavy atom. The molecule has 18 heavy (non-hydrogen) atoms. The molecule has 0 aliphatic carbocycles. The van der Waals surface area contributed by atoms with Crippen molar-refractivity contribution < 1.29 is 4.74 Å². The highest BCUT2D eigenvalue weighted by molar-refractivity contribution is 6.42. The molecule has 0 saturated carbocycles. The number of halogens is 2. The lowest BCUT2D eigenvalue weighted by Crippen LogP contribution is -2.20. The molecule has 1 aromatic carbocycles. The van der Waals surface area contributed by atoms with E-state index in [0.717, 1.165) is 31.4 Å². The van der Waals surface area contributed by atoms with Gasteiger partial charge >= 0.3 is 0 Å². The number of hydrogen-bond acceptors (Lipinski definition) is 2. The fourth-order valence-electron chi connectivity index (χ4n) is 2.42. The Hall–Kier alpha value is -0.750. The van der Waals surface area contributed by atoms with Gasteiger partial charge < -0.3 is 4.74 Å². The summed E-state index contributed by atoms with van der Waals surface area (Å²) in [5.74, 6) is 0.238. The standard InChI is InChI=1S/C14H15Cl2NO/c15-12-5-4-10(9-13(12)16)11-3-1-2-8-18-14(11)6-7-17/h4-5,9,11,14H,1-3,6,8H2/t11?,14-/m0/s1. The van der Waals surface area contributed by atoms with E-state index >= 15 is 0 Å². The summed E-state index contributed by atoms with van der Waals surface area (Å²) in [6.07, 6.45) is 3.59. The van der Waals surface area contributed by atoms with Gasteiger partial charge in [-0.25, -0.2) is 0 Å². The third-order valence-electron chi connectivity index (χ3n) is 3.35. The van der Waals surface area contributed by atoms with Gasteiger partial charge in [0.25, 0.3) is 0 Å². The SMILES string of the molecule is N#CC[C@@H]1OCCCCC1c1ccc(Cl)c(Cl)c1. The fraction of sp³-hybridized carbons (Fsp3) is 0.500. The van der Waals surface area contributed by atoms with E-state index in [1.807, 2.05) is 18.2 Å². The second-order valence-electron chi connectivity index (χ2n) is 4.55. The largest absolute Gasteiger partial charge is 0.377 e. The van der Waals surface area contributed by atoms with Crippen molar-refractivity contribution in [3.05, 3.63) is 33.8 Å². The van der Waals surface area contributed by atoms with Crippen LogP contribution in [0.25, 0.3) is 0 Å². The molecule has 1 fully saturated rings. The van der Waals surface area contributed by atoms with Gasteiger partial charge in [0, 0.05) is 12.5 Å². The van der Waals surface area contributed by atoms with Crippen LogP contribution in [0.3, 0.4) is 0 Å². The molecule has 4 heteroatoms. The van der Waals surface area contributed by atoms with Crippen molar-refractivity contribution in [3.63, 3.8) is 0 Å². The molecule has 0 aromatic heterocycles. The summed E-state index contributed by atoms with van der Waals surface area (Å²) >= 11 is 12.0. The van der Waals surface area contributed by atoms with E-state index in [-0.39, 0.29) is 12.0 Å². The summed E-state index contributed by atoms with van der Waals surface area (Å²) in [5.41, 5.74) is 1.12. The van der Waals surface area contributed by atoms with Gasteiger partial charge in [0.1, 0.15) is 0 Å². The van der Waals surface area contributed by atoms with Crippen molar-refractivity contribution >= 4 is 23.2 Å². The lowest BCUT2D eigenvalue weighted by atomic mass is 9.88. The Bertz CT molecular complexity index is 456. The zero-order chi connectivity index (χ0) is 13.0. The first kappa shape index (κ1) is 13.7. The Morgan fingerprint density at radius 3 is 2.83 bits per heavy atom. The van der Waals surface area contributed by atoms with Crippen LogP contribution in [-0.4, -0.2) is 12.7 Å². The number of nitrogens with zero attached hydrogens (tertiary/aromatic N) is 1. The molecule has 0 N–H and O–H groups in total. The van der Waals surface area contributed by atoms with Crippen LogP contribution >= 0.6 is 23.2 Å². The first-order valence-corrected chi connectivity index (χ1v) is 6.91. The summed E-state index contributed by atoms with van der Waals surface area (Å²) in [4.78, 5) is 0. The third-order valence-corrected chi connectivity index (χ3v) is 4.09. The lowest BCUT2D eigenvalue weighted by molar-refractivity contribution is 0.0494. The fourth-order valence-corrected chi connectivity index (χ4v) is 2.73. The van der Waals surface area contributed by atoms with Crippen LogP contribution < -0.4 is 0 Å². The first-order valence-electron chi connectivity index (χ1n) is 6.16. The number of nitriles is 1. The molecule has 1 aromatic rings. The van der Waals surface area contributed by atoms with Crippen molar-refractivity contribution in [3.8, 4) is 6.07 Å². The molecule has 96 valence electrons. The van der Waals surface area contributed by atoms with E-state index in [0.29, 0.717) is 16.5 Å². The van der Waals surface area contributed by atoms with Crippen molar-refractivity contribution in [2.75, 3.05) is 6.61 Å². The van der Waals surface area contributed by atoms with E-state index in [1.165, 1.54) is 0 Å². The number of benzene rings is 1. The number of ether oxygens (including phenoxy) is 1. The average molecular weight is 284 g/mol. The zero-order valence-corrected chi connectivity index (χ0v) is 11.5. The van der Waals surface area contributed by atoms with Crippen LogP contribution in [-0.2, 0) is 4.74 Å². The Labute approximate surface area is 117 Å². The molecule has 2 atom stereocenters. The van der Waals surface area contributed by atoms with Gasteiger partial charge in [0.05, 0.1) is 28.6 Å². The molecular weight excluding hydrogens is 269 g/mol. The van der Waals surface area contributed by atoms with E-state index in [2.05, 4.69) is 6.07 Å². The minimum absolute atomic E-state index is 0.0326. The highest BCUT2D eigenvalue weighted by Gasteiger charge is 2.26. The molecule has 1 saturated heterocycles. The highest BCUT2D eigenvalue weighted by atomic mass is 35.5. The molecule has 1 heterocycles. The number of rotatable bonds is 2. The van der Waals surface area contributed by atoms with Crippen molar-refractivity contribution in [2.24, 2.45) is 0 Å². The van der Waals surface area contributed by atoms with Crippen molar-refractivity contribution in [2.45, 2.75) is 37.7 Å². The quantitative estimate of drug-likeness (QED) is 0.797. The van der Waals surface area contributed by atoms with Crippen molar-refractivity contribution in [1.29, 1.82) is 5.26 Å². The first-order chi connectivity index (χ1) is 8.72. The summed E-state index contributed by atoms with van der Waals surface area (Å²) in [5, 5.41) is 10.0. The summed E-state index contributed by atoms with van der Waals surface area (Å²) < 4.78 is 5.78. The molecule has 2 rings (SSSR count). The topological polar surface area (TPSA) is 33.0 Å². The van der Waals surface area contributed by atoms with Gasteiger partial charge in [-0.2, -0.15) is 5.26 Å². The molecule has 0 radical (unpaired) electrons. The maximum Gasteiger partial charge on any atom is 0.0773 e. The maximum absolute atomic E-state index is 8.90. The van der Waals surface area contributed by atoms with Gasteiger partial charge in [0.15, 0.2) is 0 Å². The summed E-state index contributed by atoms with van der Waals surface area (Å²) in [7, 11) is 0. The van der Waals surface area contributed by atoms with Gasteiger partial charge in [-0.05, 0) is 30.5 Å². The van der Waals surface area contributed by atoms with E-state index in [1.54, 1.807) is 0 Å². The minimum Gasteiger partial charge on any atom is -0.377 e. The Balaban J connectivity index is 2.26. The van der Waals surface area contributed by atoms with Crippen LogP contribution in [0.1, 0.15) is 37.2 Å². The predicted molar refractivity (Wildman–Crippen MR) is 73.0 cm³/mol. The van der Waals surface area contributed by atoms with Crippen LogP contribution in [0.4, 0.5) is 0 Å². The van der Waals surface area contributed by atoms with Gasteiger partial charge in [0.2, 0.25) is 0 Å². The Morgan fingerprint density at radius 1 is 1.28 bits per heavy atom. The smallest absolute Gasteiger partial charge is 0.0773 e. The van der Waals surface area contributed by atoms with Crippen molar-refractivity contribution in [1.82, 2.24) is 0 Å². The van der Waals surface area contributed by atoms with Gasteiger partial charge in [-0.15, -0.1) is 0 Å². The summed E-state index contributed by atoms with van der Waals surface area (Å²) in [6, 6.07) is 7.90. The van der Waals surface area contributed by atoms with Crippen LogP contribution in [0.5, 0.6) is 0 Å². The van der Waals surface area contributed by atoms with Crippen LogP contribution in [0.2, 0.25) is 10.0 Å². The average Bonchev–Trinajstić information content (AvgIpc) is 2.59.